The van der Waals surface area contributed by atoms with Crippen LogP contribution in [0.3, 0.4) is 0 Å². The summed E-state index contributed by atoms with van der Waals surface area (Å²) >= 11 is 5.14. The minimum Gasteiger partial charge on any atom is -0.481 e. The maximum absolute atomic E-state index is 14.4. The Bertz CT molecular complexity index is 993. The number of aliphatic hydroxyl groups excluding tert-OH is 1. The van der Waals surface area contributed by atoms with E-state index >= 15 is 0 Å². The van der Waals surface area contributed by atoms with Gasteiger partial charge in [0.05, 0.1) is 29.2 Å². The van der Waals surface area contributed by atoms with Gasteiger partial charge in [0.2, 0.25) is 11.8 Å². The third-order valence-electron chi connectivity index (χ3n) is 7.79. The lowest BCUT2D eigenvalue weighted by atomic mass is 9.71. The zero-order valence-corrected chi connectivity index (χ0v) is 22.5. The minimum atomic E-state index is -1.01. The second-order valence-electron chi connectivity index (χ2n) is 9.77. The molecule has 7 nitrogen and oxygen atoms in total. The second kappa shape index (κ2) is 10.3. The van der Waals surface area contributed by atoms with Crippen LogP contribution >= 0.6 is 27.7 Å². The van der Waals surface area contributed by atoms with E-state index in [1.165, 1.54) is 16.7 Å². The predicted molar refractivity (Wildman–Crippen MR) is 139 cm³/mol. The number of nitrogens with zero attached hydrogens (tertiary/aromatic N) is 2. The van der Waals surface area contributed by atoms with Gasteiger partial charge < -0.3 is 20.0 Å². The van der Waals surface area contributed by atoms with Gasteiger partial charge in [-0.1, -0.05) is 65.7 Å². The molecule has 1 aromatic carbocycles. The lowest BCUT2D eigenvalue weighted by Crippen LogP contribution is -2.57. The molecule has 35 heavy (non-hydrogen) atoms. The van der Waals surface area contributed by atoms with Crippen molar-refractivity contribution >= 4 is 45.5 Å². The molecule has 0 aromatic heterocycles. The highest BCUT2D eigenvalue weighted by atomic mass is 79.9. The van der Waals surface area contributed by atoms with Crippen LogP contribution in [0.2, 0.25) is 0 Å². The average Bonchev–Trinajstić information content (AvgIpc) is 3.42. The van der Waals surface area contributed by atoms with Crippen molar-refractivity contribution in [3.8, 4) is 0 Å². The summed E-state index contributed by atoms with van der Waals surface area (Å²) in [6, 6.07) is 7.48. The number of carboxylic acids is 1. The zero-order chi connectivity index (χ0) is 25.5. The average molecular weight is 566 g/mol. The first-order valence-corrected chi connectivity index (χ1v) is 14.0. The van der Waals surface area contributed by atoms with Crippen LogP contribution < -0.4 is 0 Å². The highest BCUT2D eigenvalue weighted by Crippen LogP contribution is 2.68. The van der Waals surface area contributed by atoms with E-state index in [1.54, 1.807) is 11.0 Å². The molecule has 2 bridgehead atoms. The number of benzene rings is 1. The number of carboxylic acid groups (broad SMARTS) is 1. The summed E-state index contributed by atoms with van der Waals surface area (Å²) in [7, 11) is 0. The Morgan fingerprint density at radius 3 is 2.63 bits per heavy atom. The maximum Gasteiger partial charge on any atom is 0.308 e. The Hall–Kier alpha value is -1.84. The van der Waals surface area contributed by atoms with Crippen molar-refractivity contribution in [2.75, 3.05) is 13.2 Å². The summed E-state index contributed by atoms with van der Waals surface area (Å²) in [5, 5.41) is 20.3. The summed E-state index contributed by atoms with van der Waals surface area (Å²) < 4.78 is -0.871. The number of carbonyl (C=O) groups excluding carboxylic acids is 2. The summed E-state index contributed by atoms with van der Waals surface area (Å²) in [4.78, 5) is 44.0. The molecule has 3 heterocycles. The van der Waals surface area contributed by atoms with Gasteiger partial charge in [0.25, 0.3) is 0 Å². The molecule has 0 aliphatic carbocycles. The number of thioether (sulfide) groups is 1. The number of alkyl halides is 1. The van der Waals surface area contributed by atoms with Crippen LogP contribution in [0.25, 0.3) is 0 Å². The van der Waals surface area contributed by atoms with Crippen LogP contribution in [-0.4, -0.2) is 77.9 Å². The number of hydrogen-bond donors (Lipinski definition) is 2. The van der Waals surface area contributed by atoms with Crippen molar-refractivity contribution in [1.82, 2.24) is 9.80 Å². The number of hydrogen-bond acceptors (Lipinski definition) is 5. The van der Waals surface area contributed by atoms with Crippen molar-refractivity contribution in [3.63, 3.8) is 0 Å². The van der Waals surface area contributed by atoms with Crippen LogP contribution in [0.15, 0.2) is 43.0 Å². The standard InChI is InChI=1S/C26H33BrN2O5S/c1-4-9-15(3)28(12-5-2)24(32)22-26-13-17(27)21(35-26)19(25(33)34)20(26)23(31)29(22)18(14-30)16-10-7-6-8-11-16/h5-8,10-11,15,17-22,30H,2,4,9,12-14H2,1,3H3,(H,33,34)/t15?,17?,18-,19+,20+,21+,22?,26?/m1/s1. The lowest BCUT2D eigenvalue weighted by Gasteiger charge is -2.41. The van der Waals surface area contributed by atoms with E-state index < -0.39 is 34.6 Å². The number of amides is 2. The van der Waals surface area contributed by atoms with Gasteiger partial charge in [-0.05, 0) is 25.3 Å². The fourth-order valence-corrected chi connectivity index (χ4v) is 9.94. The number of aliphatic hydroxyl groups is 1. The molecule has 1 spiro atoms. The molecule has 190 valence electrons. The molecule has 3 aliphatic rings. The summed E-state index contributed by atoms with van der Waals surface area (Å²) in [5.74, 6) is -3.27. The summed E-state index contributed by atoms with van der Waals surface area (Å²) in [6.07, 6.45) is 3.90. The van der Waals surface area contributed by atoms with Crippen molar-refractivity contribution in [2.24, 2.45) is 11.8 Å². The number of likely N-dealkylation sites (tertiary alicyclic amines) is 1. The van der Waals surface area contributed by atoms with E-state index in [9.17, 15) is 24.6 Å². The van der Waals surface area contributed by atoms with Crippen LogP contribution in [0.5, 0.6) is 0 Å². The monoisotopic (exact) mass is 564 g/mol. The van der Waals surface area contributed by atoms with Gasteiger partial charge in [0.15, 0.2) is 0 Å². The third kappa shape index (κ3) is 4.13. The number of fused-ring (bicyclic) bond motifs is 1. The molecule has 0 saturated carbocycles. The quantitative estimate of drug-likeness (QED) is 0.333. The molecule has 9 heteroatoms. The van der Waals surface area contributed by atoms with Crippen LogP contribution in [0.4, 0.5) is 0 Å². The molecule has 0 radical (unpaired) electrons. The Morgan fingerprint density at radius 1 is 1.37 bits per heavy atom. The molecule has 3 saturated heterocycles. The minimum absolute atomic E-state index is 0.0687. The molecule has 4 unspecified atom stereocenters. The first kappa shape index (κ1) is 26.2. The van der Waals surface area contributed by atoms with Crippen molar-refractivity contribution in [2.45, 2.75) is 66.1 Å². The fraction of sp³-hybridized carbons (Fsp3) is 0.577. The SMILES string of the molecule is C=CCN(C(=O)C1N([C@H](CO)c2ccccc2)C(=O)[C@@H]2[C@H](C(=O)O)[C@H]3SC12CC3Br)C(C)CCC. The van der Waals surface area contributed by atoms with Gasteiger partial charge in [-0.3, -0.25) is 14.4 Å². The summed E-state index contributed by atoms with van der Waals surface area (Å²) in [6.45, 7) is 7.87. The molecule has 1 aromatic rings. The van der Waals surface area contributed by atoms with E-state index in [4.69, 9.17) is 0 Å². The number of halogens is 1. The number of carbonyl (C=O) groups is 3. The maximum atomic E-state index is 14.4. The highest BCUT2D eigenvalue weighted by molar-refractivity contribution is 9.09. The molecule has 2 amide bonds. The number of aliphatic carboxylic acids is 1. The van der Waals surface area contributed by atoms with Crippen molar-refractivity contribution in [3.05, 3.63) is 48.6 Å². The van der Waals surface area contributed by atoms with Crippen molar-refractivity contribution in [1.29, 1.82) is 0 Å². The van der Waals surface area contributed by atoms with E-state index in [0.29, 0.717) is 13.0 Å². The normalized spacial score (nSPS) is 32.9. The zero-order valence-electron chi connectivity index (χ0n) is 20.0. The van der Waals surface area contributed by atoms with Crippen LogP contribution in [0.1, 0.15) is 44.7 Å². The Labute approximate surface area is 219 Å². The highest BCUT2D eigenvalue weighted by Gasteiger charge is 2.76. The first-order chi connectivity index (χ1) is 16.7. The second-order valence-corrected chi connectivity index (χ2v) is 12.5. The topological polar surface area (TPSA) is 98.2 Å². The van der Waals surface area contributed by atoms with Crippen molar-refractivity contribution < 1.29 is 24.6 Å². The fourth-order valence-electron chi connectivity index (χ4n) is 6.35. The Balaban J connectivity index is 1.86. The molecule has 2 N–H and O–H groups in total. The molecule has 3 aliphatic heterocycles. The lowest BCUT2D eigenvalue weighted by molar-refractivity contribution is -0.150. The summed E-state index contributed by atoms with van der Waals surface area (Å²) in [5.41, 5.74) is 0.719. The molecular weight excluding hydrogens is 532 g/mol. The van der Waals surface area contributed by atoms with Gasteiger partial charge >= 0.3 is 5.97 Å². The van der Waals surface area contributed by atoms with Crippen LogP contribution in [0, 0.1) is 11.8 Å². The van der Waals surface area contributed by atoms with E-state index in [1.807, 2.05) is 37.3 Å². The van der Waals surface area contributed by atoms with Crippen LogP contribution in [-0.2, 0) is 14.4 Å². The van der Waals surface area contributed by atoms with Gasteiger partial charge in [-0.25, -0.2) is 0 Å². The number of rotatable bonds is 10. The Morgan fingerprint density at radius 2 is 2.06 bits per heavy atom. The first-order valence-electron chi connectivity index (χ1n) is 12.2. The smallest absolute Gasteiger partial charge is 0.308 e. The van der Waals surface area contributed by atoms with E-state index in [2.05, 4.69) is 29.4 Å². The molecular formula is C26H33BrN2O5S. The molecule has 3 fully saturated rings. The predicted octanol–water partition coefficient (Wildman–Crippen LogP) is 3.47. The van der Waals surface area contributed by atoms with E-state index in [-0.39, 0.29) is 34.5 Å². The third-order valence-corrected chi connectivity index (χ3v) is 11.0. The van der Waals surface area contributed by atoms with Gasteiger partial charge in [-0.15, -0.1) is 18.3 Å². The van der Waals surface area contributed by atoms with Gasteiger partial charge in [0, 0.05) is 22.7 Å². The molecule has 8 atom stereocenters. The largest absolute Gasteiger partial charge is 0.481 e. The van der Waals surface area contributed by atoms with Gasteiger partial charge in [-0.2, -0.15) is 0 Å². The Kier molecular flexibility index (Phi) is 7.69. The van der Waals surface area contributed by atoms with E-state index in [0.717, 1.165) is 18.4 Å². The van der Waals surface area contributed by atoms with Gasteiger partial charge in [0.1, 0.15) is 6.04 Å². The molecule has 4 rings (SSSR count).